The molecular formula is C17H17F3N6O. The van der Waals surface area contributed by atoms with Gasteiger partial charge in [-0.15, -0.1) is 10.2 Å². The summed E-state index contributed by atoms with van der Waals surface area (Å²) in [7, 11) is 1.86. The summed E-state index contributed by atoms with van der Waals surface area (Å²) in [4.78, 5) is 17.7. The van der Waals surface area contributed by atoms with Crippen molar-refractivity contribution in [3.63, 3.8) is 0 Å². The van der Waals surface area contributed by atoms with Gasteiger partial charge in [0.25, 0.3) is 5.91 Å². The van der Waals surface area contributed by atoms with Crippen LogP contribution in [-0.2, 0) is 19.6 Å². The number of halogens is 3. The number of amides is 1. The second kappa shape index (κ2) is 7.22. The van der Waals surface area contributed by atoms with Crippen LogP contribution in [0.1, 0.15) is 40.5 Å². The molecule has 1 amide bonds. The molecule has 0 aliphatic rings. The number of aromatic amines is 1. The van der Waals surface area contributed by atoms with Crippen molar-refractivity contribution in [1.82, 2.24) is 24.7 Å². The number of alkyl halides is 3. The van der Waals surface area contributed by atoms with Crippen LogP contribution < -0.4 is 5.32 Å². The Morgan fingerprint density at radius 1 is 1.37 bits per heavy atom. The van der Waals surface area contributed by atoms with E-state index < -0.39 is 23.6 Å². The first-order chi connectivity index (χ1) is 12.7. The van der Waals surface area contributed by atoms with Crippen LogP contribution in [0.15, 0.2) is 36.8 Å². The zero-order valence-electron chi connectivity index (χ0n) is 14.6. The van der Waals surface area contributed by atoms with Crippen molar-refractivity contribution in [2.45, 2.75) is 25.4 Å². The van der Waals surface area contributed by atoms with E-state index in [-0.39, 0.29) is 5.92 Å². The summed E-state index contributed by atoms with van der Waals surface area (Å²) in [5.41, 5.74) is 0.275. The smallest absolute Gasteiger partial charge is 0.340 e. The Kier molecular flexibility index (Phi) is 4.98. The van der Waals surface area contributed by atoms with E-state index in [2.05, 4.69) is 25.5 Å². The molecule has 3 aromatic rings. The van der Waals surface area contributed by atoms with E-state index in [0.717, 1.165) is 11.4 Å². The van der Waals surface area contributed by atoms with Crippen molar-refractivity contribution in [3.8, 4) is 0 Å². The maximum Gasteiger partial charge on any atom is 0.434 e. The lowest BCUT2D eigenvalue weighted by Gasteiger charge is -2.13. The fourth-order valence-corrected chi connectivity index (χ4v) is 2.58. The molecule has 0 aliphatic carbocycles. The Labute approximate surface area is 152 Å². The van der Waals surface area contributed by atoms with E-state index >= 15 is 0 Å². The number of H-pyrrole nitrogens is 1. The first-order valence-electron chi connectivity index (χ1n) is 8.11. The number of imidazole rings is 1. The SMILES string of the molecule is C[C@H](Cc1nncn1C)c1cccc(NC(=O)c2nc(C(F)(F)F)c[nH]2)c1. The molecule has 27 heavy (non-hydrogen) atoms. The largest absolute Gasteiger partial charge is 0.434 e. The van der Waals surface area contributed by atoms with Gasteiger partial charge in [0.1, 0.15) is 12.2 Å². The van der Waals surface area contributed by atoms with Gasteiger partial charge in [0.2, 0.25) is 0 Å². The number of aryl methyl sites for hydroxylation is 1. The summed E-state index contributed by atoms with van der Waals surface area (Å²) in [6, 6.07) is 7.10. The van der Waals surface area contributed by atoms with Gasteiger partial charge in [0.15, 0.2) is 11.5 Å². The molecule has 2 N–H and O–H groups in total. The number of benzene rings is 1. The molecule has 0 bridgehead atoms. The number of hydrogen-bond acceptors (Lipinski definition) is 4. The van der Waals surface area contributed by atoms with Crippen LogP contribution in [0.3, 0.4) is 0 Å². The summed E-state index contributed by atoms with van der Waals surface area (Å²) in [6.45, 7) is 2.01. The van der Waals surface area contributed by atoms with E-state index in [1.165, 1.54) is 0 Å². The van der Waals surface area contributed by atoms with Crippen LogP contribution in [0.25, 0.3) is 0 Å². The quantitative estimate of drug-likeness (QED) is 0.714. The van der Waals surface area contributed by atoms with Gasteiger partial charge in [0, 0.05) is 25.4 Å². The fourth-order valence-electron chi connectivity index (χ4n) is 2.58. The zero-order chi connectivity index (χ0) is 19.6. The highest BCUT2D eigenvalue weighted by molar-refractivity contribution is 6.01. The van der Waals surface area contributed by atoms with E-state index in [1.54, 1.807) is 24.5 Å². The number of aromatic nitrogens is 5. The van der Waals surface area contributed by atoms with Crippen molar-refractivity contribution in [3.05, 3.63) is 59.7 Å². The zero-order valence-corrected chi connectivity index (χ0v) is 14.6. The van der Waals surface area contributed by atoms with Gasteiger partial charge in [-0.1, -0.05) is 19.1 Å². The summed E-state index contributed by atoms with van der Waals surface area (Å²) < 4.78 is 39.6. The molecular weight excluding hydrogens is 361 g/mol. The van der Waals surface area contributed by atoms with Crippen LogP contribution in [0.5, 0.6) is 0 Å². The second-order valence-corrected chi connectivity index (χ2v) is 6.17. The Hall–Kier alpha value is -3.17. The Balaban J connectivity index is 1.71. The van der Waals surface area contributed by atoms with E-state index in [9.17, 15) is 18.0 Å². The Morgan fingerprint density at radius 3 is 2.78 bits per heavy atom. The van der Waals surface area contributed by atoms with Crippen molar-refractivity contribution < 1.29 is 18.0 Å². The van der Waals surface area contributed by atoms with E-state index in [4.69, 9.17) is 0 Å². The third kappa shape index (κ3) is 4.33. The lowest BCUT2D eigenvalue weighted by Crippen LogP contribution is -2.15. The summed E-state index contributed by atoms with van der Waals surface area (Å²) in [6.07, 6.45) is -1.67. The number of carbonyl (C=O) groups is 1. The molecule has 3 rings (SSSR count). The molecule has 0 radical (unpaired) electrons. The molecule has 0 unspecified atom stereocenters. The van der Waals surface area contributed by atoms with Gasteiger partial charge in [-0.25, -0.2) is 4.98 Å². The highest BCUT2D eigenvalue weighted by Gasteiger charge is 2.34. The van der Waals surface area contributed by atoms with Crippen molar-refractivity contribution >= 4 is 11.6 Å². The molecule has 2 aromatic heterocycles. The Bertz CT molecular complexity index is 946. The average Bonchev–Trinajstić information content (AvgIpc) is 3.25. The van der Waals surface area contributed by atoms with E-state index in [0.29, 0.717) is 18.3 Å². The minimum Gasteiger partial charge on any atom is -0.340 e. The number of hydrogen-bond donors (Lipinski definition) is 2. The van der Waals surface area contributed by atoms with Crippen LogP contribution >= 0.6 is 0 Å². The predicted octanol–water partition coefficient (Wildman–Crippen LogP) is 3.16. The topological polar surface area (TPSA) is 88.5 Å². The van der Waals surface area contributed by atoms with Gasteiger partial charge in [0.05, 0.1) is 0 Å². The van der Waals surface area contributed by atoms with Gasteiger partial charge >= 0.3 is 6.18 Å². The number of anilines is 1. The highest BCUT2D eigenvalue weighted by atomic mass is 19.4. The second-order valence-electron chi connectivity index (χ2n) is 6.17. The standard InChI is InChI=1S/C17H17F3N6O/c1-10(6-14-25-22-9-26(14)2)11-4-3-5-12(7-11)23-16(27)15-21-8-13(24-15)17(18,19)20/h3-5,7-10H,6H2,1-2H3,(H,21,24)(H,23,27)/t10-/m1/s1. The molecule has 0 spiro atoms. The number of nitrogens with zero attached hydrogens (tertiary/aromatic N) is 4. The van der Waals surface area contributed by atoms with Crippen LogP contribution in [-0.4, -0.2) is 30.6 Å². The lowest BCUT2D eigenvalue weighted by atomic mass is 9.97. The lowest BCUT2D eigenvalue weighted by molar-refractivity contribution is -0.140. The number of carbonyl (C=O) groups excluding carboxylic acids is 1. The molecule has 2 heterocycles. The maximum atomic E-state index is 12.6. The van der Waals surface area contributed by atoms with Crippen molar-refractivity contribution in [2.24, 2.45) is 7.05 Å². The first-order valence-corrected chi connectivity index (χ1v) is 8.11. The molecule has 0 fully saturated rings. The van der Waals surface area contributed by atoms with Gasteiger partial charge in [-0.2, -0.15) is 13.2 Å². The minimum atomic E-state index is -4.61. The van der Waals surface area contributed by atoms with Crippen LogP contribution in [0, 0.1) is 0 Å². The minimum absolute atomic E-state index is 0.102. The monoisotopic (exact) mass is 378 g/mol. The molecule has 7 nitrogen and oxygen atoms in total. The number of nitrogens with one attached hydrogen (secondary N) is 2. The third-order valence-electron chi connectivity index (χ3n) is 4.09. The maximum absolute atomic E-state index is 12.6. The van der Waals surface area contributed by atoms with Crippen LogP contribution in [0.2, 0.25) is 0 Å². The van der Waals surface area contributed by atoms with Crippen molar-refractivity contribution in [1.29, 1.82) is 0 Å². The normalized spacial score (nSPS) is 12.8. The predicted molar refractivity (Wildman–Crippen MR) is 91.1 cm³/mol. The summed E-state index contributed by atoms with van der Waals surface area (Å²) >= 11 is 0. The molecule has 0 aliphatic heterocycles. The van der Waals surface area contributed by atoms with Gasteiger partial charge in [-0.05, 0) is 23.6 Å². The van der Waals surface area contributed by atoms with Gasteiger partial charge in [-0.3, -0.25) is 4.79 Å². The van der Waals surface area contributed by atoms with Gasteiger partial charge < -0.3 is 14.9 Å². The average molecular weight is 378 g/mol. The third-order valence-corrected chi connectivity index (χ3v) is 4.09. The molecule has 142 valence electrons. The van der Waals surface area contributed by atoms with Crippen LogP contribution in [0.4, 0.5) is 18.9 Å². The number of rotatable bonds is 5. The summed E-state index contributed by atoms with van der Waals surface area (Å²) in [5.74, 6) is -0.221. The molecule has 10 heteroatoms. The van der Waals surface area contributed by atoms with E-state index in [1.807, 2.05) is 24.6 Å². The first kappa shape index (κ1) is 18.6. The van der Waals surface area contributed by atoms with Crippen molar-refractivity contribution in [2.75, 3.05) is 5.32 Å². The molecule has 1 aromatic carbocycles. The molecule has 1 atom stereocenters. The molecule has 0 saturated carbocycles. The fraction of sp³-hybridized carbons (Fsp3) is 0.294. The highest BCUT2D eigenvalue weighted by Crippen LogP contribution is 2.27. The summed E-state index contributed by atoms with van der Waals surface area (Å²) in [5, 5.41) is 10.5. The molecule has 0 saturated heterocycles. The Morgan fingerprint density at radius 2 is 2.15 bits per heavy atom.